The summed E-state index contributed by atoms with van der Waals surface area (Å²) in [4.78, 5) is 13.9. The summed E-state index contributed by atoms with van der Waals surface area (Å²) < 4.78 is 17.5. The zero-order valence-electron chi connectivity index (χ0n) is 16.2. The number of nitrogens with zero attached hydrogens (tertiary/aromatic N) is 1. The van der Waals surface area contributed by atoms with Gasteiger partial charge in [-0.3, -0.25) is 4.90 Å². The molecule has 1 aromatic heterocycles. The first-order valence-electron chi connectivity index (χ1n) is 9.64. The molecule has 2 aliphatic heterocycles. The number of aliphatic hydroxyl groups excluding tert-OH is 1. The molecular formula is C21H26N2O5. The van der Waals surface area contributed by atoms with E-state index in [1.807, 2.05) is 26.0 Å². The molecule has 1 aromatic carbocycles. The van der Waals surface area contributed by atoms with Crippen molar-refractivity contribution in [1.82, 2.24) is 10.2 Å². The number of β-amino-alcohol motifs (C(OH)–C–C–N with tert-alkyl or cyclic N) is 1. The van der Waals surface area contributed by atoms with Crippen LogP contribution in [0.15, 0.2) is 33.5 Å². The van der Waals surface area contributed by atoms with Gasteiger partial charge in [-0.15, -0.1) is 0 Å². The largest absolute Gasteiger partial charge is 0.487 e. The molecule has 3 heterocycles. The molecule has 1 atom stereocenters. The van der Waals surface area contributed by atoms with E-state index in [9.17, 15) is 9.90 Å². The van der Waals surface area contributed by atoms with Gasteiger partial charge in [0, 0.05) is 44.2 Å². The molecular weight excluding hydrogens is 360 g/mol. The summed E-state index contributed by atoms with van der Waals surface area (Å²) in [5.74, 6) is 1.07. The van der Waals surface area contributed by atoms with E-state index in [1.54, 1.807) is 12.1 Å². The van der Waals surface area contributed by atoms with Gasteiger partial charge < -0.3 is 24.3 Å². The second-order valence-corrected chi connectivity index (χ2v) is 7.84. The molecule has 7 nitrogen and oxygen atoms in total. The Morgan fingerprint density at radius 2 is 2.11 bits per heavy atom. The third-order valence-electron chi connectivity index (χ3n) is 4.99. The van der Waals surface area contributed by atoms with Crippen molar-refractivity contribution in [3.63, 3.8) is 0 Å². The molecule has 0 aliphatic carbocycles. The highest BCUT2D eigenvalue weighted by Crippen LogP contribution is 2.43. The van der Waals surface area contributed by atoms with Crippen LogP contribution in [0.5, 0.6) is 11.5 Å². The van der Waals surface area contributed by atoms with E-state index in [4.69, 9.17) is 13.9 Å². The minimum atomic E-state index is -0.606. The van der Waals surface area contributed by atoms with E-state index < -0.39 is 17.3 Å². The lowest BCUT2D eigenvalue weighted by molar-refractivity contribution is 0.0611. The lowest BCUT2D eigenvalue weighted by Crippen LogP contribution is -2.47. The summed E-state index contributed by atoms with van der Waals surface area (Å²) in [6.07, 6.45) is 3.21. The molecule has 0 amide bonds. The van der Waals surface area contributed by atoms with Crippen LogP contribution >= 0.6 is 0 Å². The van der Waals surface area contributed by atoms with Crippen molar-refractivity contribution in [1.29, 1.82) is 0 Å². The van der Waals surface area contributed by atoms with Gasteiger partial charge in [-0.2, -0.15) is 0 Å². The van der Waals surface area contributed by atoms with Gasteiger partial charge in [0.15, 0.2) is 11.5 Å². The summed E-state index contributed by atoms with van der Waals surface area (Å²) in [7, 11) is 0. The minimum Gasteiger partial charge on any atom is -0.487 e. The van der Waals surface area contributed by atoms with Gasteiger partial charge in [0.1, 0.15) is 23.9 Å². The van der Waals surface area contributed by atoms with E-state index in [0.29, 0.717) is 29.2 Å². The Morgan fingerprint density at radius 1 is 1.32 bits per heavy atom. The van der Waals surface area contributed by atoms with Crippen LogP contribution in [-0.2, 0) is 0 Å². The first kappa shape index (κ1) is 19.0. The summed E-state index contributed by atoms with van der Waals surface area (Å²) in [5.41, 5.74) is 0.241. The average Bonchev–Trinajstić information content (AvgIpc) is 2.66. The normalized spacial score (nSPS) is 19.8. The van der Waals surface area contributed by atoms with Crippen LogP contribution in [-0.4, -0.2) is 61.0 Å². The number of ether oxygens (including phenoxy) is 2. The third kappa shape index (κ3) is 4.06. The number of nitrogens with one attached hydrogen (secondary N) is 1. The van der Waals surface area contributed by atoms with Crippen LogP contribution in [0.3, 0.4) is 0 Å². The summed E-state index contributed by atoms with van der Waals surface area (Å²) >= 11 is 0. The van der Waals surface area contributed by atoms with Gasteiger partial charge in [0.2, 0.25) is 0 Å². The molecule has 2 aromatic rings. The van der Waals surface area contributed by atoms with Gasteiger partial charge in [0.05, 0.1) is 5.56 Å². The van der Waals surface area contributed by atoms with Crippen molar-refractivity contribution in [2.75, 3.05) is 39.3 Å². The number of benzene rings is 1. The molecule has 7 heteroatoms. The van der Waals surface area contributed by atoms with Crippen LogP contribution < -0.4 is 20.4 Å². The highest BCUT2D eigenvalue weighted by Gasteiger charge is 2.28. The van der Waals surface area contributed by atoms with Crippen molar-refractivity contribution in [3.8, 4) is 11.5 Å². The summed E-state index contributed by atoms with van der Waals surface area (Å²) in [6, 6.07) is 4.89. The maximum Gasteiger partial charge on any atom is 0.336 e. The average molecular weight is 386 g/mol. The van der Waals surface area contributed by atoms with Crippen LogP contribution in [0.25, 0.3) is 17.0 Å². The fraction of sp³-hybridized carbons (Fsp3) is 0.476. The standard InChI is InChI=1S/C21H26N2O5/c1-21(2)6-5-16-19-14(3-4-18(25)27-19)11-17(20(16)28-21)26-13-15(24)12-23-9-7-22-8-10-23/h3-6,11,15,22,24H,7-10,12-13H2,1-2H3. The lowest BCUT2D eigenvalue weighted by Gasteiger charge is -2.30. The predicted molar refractivity (Wildman–Crippen MR) is 107 cm³/mol. The molecule has 2 N–H and O–H groups in total. The van der Waals surface area contributed by atoms with E-state index in [-0.39, 0.29) is 6.61 Å². The number of hydrogen-bond donors (Lipinski definition) is 2. The SMILES string of the molecule is CC1(C)C=Cc2c(c(OCC(O)CN3CCNCC3)cc3ccc(=O)oc23)O1. The molecule has 2 aliphatic rings. The molecule has 0 saturated carbocycles. The topological polar surface area (TPSA) is 84.2 Å². The maximum absolute atomic E-state index is 11.7. The van der Waals surface area contributed by atoms with E-state index in [0.717, 1.165) is 31.6 Å². The Hall–Kier alpha value is -2.35. The van der Waals surface area contributed by atoms with Gasteiger partial charge in [-0.1, -0.05) is 0 Å². The summed E-state index contributed by atoms with van der Waals surface area (Å²) in [6.45, 7) is 8.33. The molecule has 28 heavy (non-hydrogen) atoms. The fourth-order valence-electron chi connectivity index (χ4n) is 3.57. The number of hydrogen-bond acceptors (Lipinski definition) is 7. The monoisotopic (exact) mass is 386 g/mol. The maximum atomic E-state index is 11.7. The molecule has 1 fully saturated rings. The number of aliphatic hydroxyl groups is 1. The Kier molecular flexibility index (Phi) is 5.14. The van der Waals surface area contributed by atoms with Crippen molar-refractivity contribution >= 4 is 17.0 Å². The van der Waals surface area contributed by atoms with Crippen LogP contribution in [0.2, 0.25) is 0 Å². The molecule has 0 radical (unpaired) electrons. The molecule has 1 unspecified atom stereocenters. The smallest absolute Gasteiger partial charge is 0.336 e. The molecule has 0 spiro atoms. The Labute approximate surface area is 163 Å². The Morgan fingerprint density at radius 3 is 2.89 bits per heavy atom. The molecule has 1 saturated heterocycles. The molecule has 150 valence electrons. The third-order valence-corrected chi connectivity index (χ3v) is 4.99. The lowest BCUT2D eigenvalue weighted by atomic mass is 10.00. The summed E-state index contributed by atoms with van der Waals surface area (Å²) in [5, 5.41) is 14.5. The predicted octanol–water partition coefficient (Wildman–Crippen LogP) is 1.62. The number of piperazine rings is 1. The van der Waals surface area contributed by atoms with Crippen molar-refractivity contribution in [2.45, 2.75) is 25.6 Å². The highest BCUT2D eigenvalue weighted by atomic mass is 16.5. The van der Waals surface area contributed by atoms with Crippen molar-refractivity contribution in [3.05, 3.63) is 40.3 Å². The Bertz CT molecular complexity index is 944. The zero-order valence-corrected chi connectivity index (χ0v) is 16.2. The molecule has 0 bridgehead atoms. The van der Waals surface area contributed by atoms with Gasteiger partial charge >= 0.3 is 5.63 Å². The van der Waals surface area contributed by atoms with Crippen LogP contribution in [0.4, 0.5) is 0 Å². The number of fused-ring (bicyclic) bond motifs is 3. The molecule has 4 rings (SSSR count). The van der Waals surface area contributed by atoms with Gasteiger partial charge in [-0.25, -0.2) is 4.79 Å². The fourth-order valence-corrected chi connectivity index (χ4v) is 3.57. The van der Waals surface area contributed by atoms with Gasteiger partial charge in [0.25, 0.3) is 0 Å². The quantitative estimate of drug-likeness (QED) is 0.756. The number of rotatable bonds is 5. The van der Waals surface area contributed by atoms with Gasteiger partial charge in [-0.05, 0) is 38.1 Å². The zero-order chi connectivity index (χ0) is 19.7. The Balaban J connectivity index is 1.59. The van der Waals surface area contributed by atoms with Crippen molar-refractivity contribution in [2.24, 2.45) is 0 Å². The first-order chi connectivity index (χ1) is 13.4. The highest BCUT2D eigenvalue weighted by molar-refractivity contribution is 5.91. The van der Waals surface area contributed by atoms with E-state index in [1.165, 1.54) is 6.07 Å². The van der Waals surface area contributed by atoms with Crippen LogP contribution in [0, 0.1) is 0 Å². The minimum absolute atomic E-state index is 0.159. The van der Waals surface area contributed by atoms with Crippen molar-refractivity contribution < 1.29 is 19.0 Å². The second kappa shape index (κ2) is 7.58. The van der Waals surface area contributed by atoms with Crippen LogP contribution in [0.1, 0.15) is 19.4 Å². The van der Waals surface area contributed by atoms with E-state index in [2.05, 4.69) is 10.2 Å². The second-order valence-electron chi connectivity index (χ2n) is 7.84. The van der Waals surface area contributed by atoms with E-state index >= 15 is 0 Å². The first-order valence-corrected chi connectivity index (χ1v) is 9.64.